The maximum Gasteiger partial charge on any atom is 0.323 e. The first-order valence-electron chi connectivity index (χ1n) is 11.0. The van der Waals surface area contributed by atoms with E-state index in [9.17, 15) is 4.79 Å². The maximum atomic E-state index is 12.5. The Morgan fingerprint density at radius 2 is 1.97 bits per heavy atom. The molecular formula is C22H27N7O. The minimum atomic E-state index is -1.85. The topological polar surface area (TPSA) is 88.0 Å². The van der Waals surface area contributed by atoms with Crippen molar-refractivity contribution in [2.24, 2.45) is 5.92 Å². The highest BCUT2D eigenvalue weighted by molar-refractivity contribution is 5.94. The summed E-state index contributed by atoms with van der Waals surface area (Å²) in [7, 11) is 0. The van der Waals surface area contributed by atoms with Crippen LogP contribution in [-0.4, -0.2) is 38.1 Å². The van der Waals surface area contributed by atoms with Crippen LogP contribution < -0.4 is 15.5 Å². The lowest BCUT2D eigenvalue weighted by Crippen LogP contribution is -2.38. The van der Waals surface area contributed by atoms with Gasteiger partial charge in [0.15, 0.2) is 0 Å². The monoisotopic (exact) mass is 407 g/mol. The third kappa shape index (κ3) is 3.98. The zero-order chi connectivity index (χ0) is 23.0. The van der Waals surface area contributed by atoms with Crippen LogP contribution in [0.5, 0.6) is 0 Å². The molecule has 0 aliphatic carbocycles. The number of hydrogen-bond donors (Lipinski definition) is 2. The van der Waals surface area contributed by atoms with Gasteiger partial charge in [0, 0.05) is 24.6 Å². The van der Waals surface area contributed by atoms with Gasteiger partial charge < -0.3 is 15.2 Å². The van der Waals surface area contributed by atoms with Crippen molar-refractivity contribution in [3.63, 3.8) is 0 Å². The predicted octanol–water partition coefficient (Wildman–Crippen LogP) is 3.70. The van der Waals surface area contributed by atoms with Crippen LogP contribution in [0, 0.1) is 12.8 Å². The van der Waals surface area contributed by atoms with Gasteiger partial charge in [-0.15, -0.1) is 0 Å². The Bertz CT molecular complexity index is 1110. The summed E-state index contributed by atoms with van der Waals surface area (Å²) in [5, 5.41) is 5.63. The van der Waals surface area contributed by atoms with E-state index in [0.29, 0.717) is 11.8 Å². The number of anilines is 2. The highest BCUT2D eigenvalue weighted by atomic mass is 16.2. The Morgan fingerprint density at radius 3 is 2.70 bits per heavy atom. The lowest BCUT2D eigenvalue weighted by atomic mass is 10.0. The number of imidazole rings is 1. The number of aryl methyl sites for hydroxylation is 1. The third-order valence-corrected chi connectivity index (χ3v) is 5.07. The second-order valence-electron chi connectivity index (χ2n) is 7.78. The van der Waals surface area contributed by atoms with Crippen molar-refractivity contribution in [1.29, 1.82) is 0 Å². The predicted molar refractivity (Wildman–Crippen MR) is 117 cm³/mol. The SMILES string of the molecule is [2H]C1([2H])NC(=O)N(c2ccnc(N[C@@H](C)c3cn(-c4ccc(C)cc4)cn3)n2)[C@H]1C(C)C. The molecule has 4 rings (SSSR count). The fraction of sp³-hybridized carbons (Fsp3) is 0.364. The van der Waals surface area contributed by atoms with Crippen molar-refractivity contribution < 1.29 is 7.54 Å². The van der Waals surface area contributed by atoms with E-state index in [-0.39, 0.29) is 12.0 Å². The molecule has 1 aromatic carbocycles. The normalized spacial score (nSPS) is 20.0. The number of rotatable bonds is 6. The lowest BCUT2D eigenvalue weighted by Gasteiger charge is -2.25. The van der Waals surface area contributed by atoms with E-state index >= 15 is 0 Å². The largest absolute Gasteiger partial charge is 0.346 e. The van der Waals surface area contributed by atoms with Crippen LogP contribution in [0.15, 0.2) is 49.1 Å². The number of urea groups is 1. The average molecular weight is 408 g/mol. The summed E-state index contributed by atoms with van der Waals surface area (Å²) >= 11 is 0. The minimum absolute atomic E-state index is 0.111. The van der Waals surface area contributed by atoms with Crippen LogP contribution in [-0.2, 0) is 0 Å². The molecule has 0 radical (unpaired) electrons. The Balaban J connectivity index is 1.53. The van der Waals surface area contributed by atoms with Gasteiger partial charge in [-0.3, -0.25) is 4.90 Å². The van der Waals surface area contributed by atoms with Gasteiger partial charge in [-0.25, -0.2) is 14.8 Å². The highest BCUT2D eigenvalue weighted by Crippen LogP contribution is 2.24. The molecule has 0 bridgehead atoms. The van der Waals surface area contributed by atoms with E-state index in [1.54, 1.807) is 18.6 Å². The Kier molecular flexibility index (Phi) is 4.73. The van der Waals surface area contributed by atoms with E-state index in [4.69, 9.17) is 2.74 Å². The molecule has 1 saturated heterocycles. The van der Waals surface area contributed by atoms with E-state index < -0.39 is 18.6 Å². The van der Waals surface area contributed by atoms with Crippen LogP contribution in [0.4, 0.5) is 16.6 Å². The van der Waals surface area contributed by atoms with Crippen molar-refractivity contribution >= 4 is 17.8 Å². The molecule has 0 unspecified atom stereocenters. The molecule has 3 aromatic rings. The zero-order valence-electron chi connectivity index (χ0n) is 19.5. The molecule has 8 nitrogen and oxygen atoms in total. The van der Waals surface area contributed by atoms with Crippen molar-refractivity contribution in [2.45, 2.75) is 39.8 Å². The number of aromatic nitrogens is 4. The number of amides is 2. The zero-order valence-corrected chi connectivity index (χ0v) is 17.5. The van der Waals surface area contributed by atoms with Crippen LogP contribution in [0.1, 0.15) is 40.8 Å². The van der Waals surface area contributed by atoms with Gasteiger partial charge in [-0.1, -0.05) is 31.5 Å². The molecule has 0 saturated carbocycles. The highest BCUT2D eigenvalue weighted by Gasteiger charge is 2.34. The number of nitrogens with one attached hydrogen (secondary N) is 2. The molecule has 1 aliphatic heterocycles. The molecule has 3 heterocycles. The number of hydrogen-bond acceptors (Lipinski definition) is 5. The molecule has 2 amide bonds. The fourth-order valence-electron chi connectivity index (χ4n) is 3.34. The quantitative estimate of drug-likeness (QED) is 0.651. The lowest BCUT2D eigenvalue weighted by molar-refractivity contribution is 0.251. The van der Waals surface area contributed by atoms with Gasteiger partial charge in [0.1, 0.15) is 5.82 Å². The maximum absolute atomic E-state index is 12.5. The van der Waals surface area contributed by atoms with Gasteiger partial charge in [0.25, 0.3) is 0 Å². The summed E-state index contributed by atoms with van der Waals surface area (Å²) < 4.78 is 18.3. The average Bonchev–Trinajstić information content (AvgIpc) is 3.30. The summed E-state index contributed by atoms with van der Waals surface area (Å²) in [5.41, 5.74) is 3.03. The number of benzene rings is 1. The second-order valence-corrected chi connectivity index (χ2v) is 7.78. The number of carbonyl (C=O) groups is 1. The molecule has 0 spiro atoms. The van der Waals surface area contributed by atoms with Gasteiger partial charge in [0.2, 0.25) is 5.95 Å². The summed E-state index contributed by atoms with van der Waals surface area (Å²) in [6, 6.07) is 8.42. The molecular weight excluding hydrogens is 378 g/mol. The molecule has 2 aromatic heterocycles. The first-order chi connectivity index (χ1) is 15.2. The Labute approximate surface area is 179 Å². The molecule has 2 atom stereocenters. The Morgan fingerprint density at radius 1 is 1.20 bits per heavy atom. The number of carbonyl (C=O) groups excluding carboxylic acids is 1. The molecule has 8 heteroatoms. The van der Waals surface area contributed by atoms with Crippen molar-refractivity contribution in [3.05, 3.63) is 60.3 Å². The van der Waals surface area contributed by atoms with E-state index in [1.165, 1.54) is 10.5 Å². The molecule has 156 valence electrons. The molecule has 2 N–H and O–H groups in total. The van der Waals surface area contributed by atoms with Crippen LogP contribution in [0.3, 0.4) is 0 Å². The van der Waals surface area contributed by atoms with Gasteiger partial charge in [-0.2, -0.15) is 4.98 Å². The van der Waals surface area contributed by atoms with Gasteiger partial charge >= 0.3 is 6.03 Å². The first-order valence-corrected chi connectivity index (χ1v) is 9.97. The molecule has 30 heavy (non-hydrogen) atoms. The van der Waals surface area contributed by atoms with E-state index in [2.05, 4.69) is 37.7 Å². The van der Waals surface area contributed by atoms with E-state index in [1.807, 2.05) is 50.6 Å². The summed E-state index contributed by atoms with van der Waals surface area (Å²) in [5.74, 6) is 0.570. The van der Waals surface area contributed by atoms with Crippen LogP contribution in [0.25, 0.3) is 5.69 Å². The van der Waals surface area contributed by atoms with E-state index in [0.717, 1.165) is 11.4 Å². The third-order valence-electron chi connectivity index (χ3n) is 5.07. The van der Waals surface area contributed by atoms with Crippen molar-refractivity contribution in [1.82, 2.24) is 24.8 Å². The summed E-state index contributed by atoms with van der Waals surface area (Å²) in [4.78, 5) is 27.1. The second kappa shape index (κ2) is 8.14. The van der Waals surface area contributed by atoms with Crippen LogP contribution >= 0.6 is 0 Å². The standard InChI is InChI=1S/C22H27N7O/c1-14(2)19-11-24-22(30)29(19)20-9-10-23-21(27-20)26-16(4)18-12-28(13-25-18)17-7-5-15(3)6-8-17/h5-10,12-14,16,19H,11H2,1-4H3,(H,24,30)(H,23,26,27)/t16-,19+/m0/s1/i11D2. The summed E-state index contributed by atoms with van der Waals surface area (Å²) in [6.07, 6.45) is 5.27. The molecule has 1 aliphatic rings. The van der Waals surface area contributed by atoms with Gasteiger partial charge in [-0.05, 0) is 38.0 Å². The first kappa shape index (κ1) is 17.4. The summed E-state index contributed by atoms with van der Waals surface area (Å²) in [6.45, 7) is 5.91. The fourth-order valence-corrected chi connectivity index (χ4v) is 3.34. The van der Waals surface area contributed by atoms with Crippen LogP contribution in [0.2, 0.25) is 0 Å². The van der Waals surface area contributed by atoms with Crippen molar-refractivity contribution in [3.8, 4) is 5.69 Å². The smallest absolute Gasteiger partial charge is 0.323 e. The minimum Gasteiger partial charge on any atom is -0.346 e. The number of nitrogens with zero attached hydrogens (tertiary/aromatic N) is 5. The molecule has 1 fully saturated rings. The van der Waals surface area contributed by atoms with Gasteiger partial charge in [0.05, 0.1) is 26.8 Å². The van der Waals surface area contributed by atoms with Crippen molar-refractivity contribution in [2.75, 3.05) is 16.7 Å². The Hall–Kier alpha value is -3.42.